The second-order valence-electron chi connectivity index (χ2n) is 8.38. The van der Waals surface area contributed by atoms with Crippen molar-refractivity contribution in [1.82, 2.24) is 15.2 Å². The van der Waals surface area contributed by atoms with Crippen molar-refractivity contribution < 1.29 is 14.3 Å². The Morgan fingerprint density at radius 3 is 2.87 bits per heavy atom. The van der Waals surface area contributed by atoms with Crippen LogP contribution in [0.5, 0.6) is 5.75 Å². The third-order valence-electron chi connectivity index (χ3n) is 5.88. The summed E-state index contributed by atoms with van der Waals surface area (Å²) in [6, 6.07) is 8.55. The Balaban J connectivity index is 1.47. The van der Waals surface area contributed by atoms with Crippen molar-refractivity contribution in [3.8, 4) is 5.75 Å². The molecule has 0 unspecified atom stereocenters. The third kappa shape index (κ3) is 7.47. The van der Waals surface area contributed by atoms with Gasteiger partial charge in [-0.2, -0.15) is 0 Å². The molecule has 31 heavy (non-hydrogen) atoms. The Labute approximate surface area is 186 Å². The monoisotopic (exact) mass is 427 g/mol. The SMILES string of the molecule is CCCCc1cc(OC2CCN(CCNC(=O)CCCOC)CC2)c2ncccc2c1. The normalized spacial score (nSPS) is 15.3. The molecule has 1 aromatic heterocycles. The lowest BCUT2D eigenvalue weighted by atomic mass is 10.0. The van der Waals surface area contributed by atoms with Crippen molar-refractivity contribution in [2.24, 2.45) is 0 Å². The van der Waals surface area contributed by atoms with E-state index in [-0.39, 0.29) is 12.0 Å². The van der Waals surface area contributed by atoms with Crippen LogP contribution in [0.1, 0.15) is 51.0 Å². The van der Waals surface area contributed by atoms with E-state index in [0.29, 0.717) is 19.6 Å². The highest BCUT2D eigenvalue weighted by Gasteiger charge is 2.21. The molecule has 0 aliphatic carbocycles. The smallest absolute Gasteiger partial charge is 0.220 e. The van der Waals surface area contributed by atoms with Gasteiger partial charge in [-0.3, -0.25) is 9.78 Å². The van der Waals surface area contributed by atoms with Crippen LogP contribution >= 0.6 is 0 Å². The van der Waals surface area contributed by atoms with Crippen LogP contribution in [0.3, 0.4) is 0 Å². The maximum Gasteiger partial charge on any atom is 0.220 e. The standard InChI is InChI=1S/C25H37N3O3/c1-3-4-7-20-18-21-8-5-12-27-25(21)23(19-20)31-22-10-14-28(15-11-22)16-13-26-24(29)9-6-17-30-2/h5,8,12,18-19,22H,3-4,6-7,9-11,13-17H2,1-2H3,(H,26,29). The fraction of sp³-hybridized carbons (Fsp3) is 0.600. The molecule has 6 heteroatoms. The van der Waals surface area contributed by atoms with Gasteiger partial charge in [-0.25, -0.2) is 0 Å². The number of unbranched alkanes of at least 4 members (excludes halogenated alkanes) is 1. The van der Waals surface area contributed by atoms with Crippen LogP contribution in [-0.2, 0) is 16.0 Å². The van der Waals surface area contributed by atoms with Crippen molar-refractivity contribution in [1.29, 1.82) is 0 Å². The van der Waals surface area contributed by atoms with E-state index in [1.54, 1.807) is 7.11 Å². The molecule has 2 aromatic rings. The molecule has 1 aliphatic rings. The summed E-state index contributed by atoms with van der Waals surface area (Å²) in [5.74, 6) is 1.03. The van der Waals surface area contributed by atoms with Gasteiger partial charge >= 0.3 is 0 Å². The second kappa shape index (κ2) is 12.6. The first-order valence-electron chi connectivity index (χ1n) is 11.7. The summed E-state index contributed by atoms with van der Waals surface area (Å²) in [7, 11) is 1.66. The number of carbonyl (C=O) groups excluding carboxylic acids is 1. The molecule has 0 spiro atoms. The zero-order valence-electron chi connectivity index (χ0n) is 19.1. The summed E-state index contributed by atoms with van der Waals surface area (Å²) in [6.07, 6.45) is 8.80. The van der Waals surface area contributed by atoms with Gasteiger partial charge < -0.3 is 19.7 Å². The lowest BCUT2D eigenvalue weighted by molar-refractivity contribution is -0.121. The number of ether oxygens (including phenoxy) is 2. The molecule has 2 heterocycles. The van der Waals surface area contributed by atoms with Crippen LogP contribution in [0.2, 0.25) is 0 Å². The molecule has 1 aromatic carbocycles. The van der Waals surface area contributed by atoms with Crippen molar-refractivity contribution >= 4 is 16.8 Å². The number of aryl methyl sites for hydroxylation is 1. The van der Waals surface area contributed by atoms with Gasteiger partial charge in [0.2, 0.25) is 5.91 Å². The van der Waals surface area contributed by atoms with E-state index in [9.17, 15) is 4.79 Å². The molecular formula is C25H37N3O3. The molecule has 0 bridgehead atoms. The van der Waals surface area contributed by atoms with Gasteiger partial charge in [0.1, 0.15) is 17.4 Å². The van der Waals surface area contributed by atoms with Crippen molar-refractivity contribution in [2.75, 3.05) is 39.9 Å². The maximum absolute atomic E-state index is 11.8. The maximum atomic E-state index is 11.8. The molecule has 6 nitrogen and oxygen atoms in total. The summed E-state index contributed by atoms with van der Waals surface area (Å²) in [4.78, 5) is 18.8. The van der Waals surface area contributed by atoms with Crippen LogP contribution in [0.4, 0.5) is 0 Å². The minimum absolute atomic E-state index is 0.109. The average molecular weight is 428 g/mol. The number of fused-ring (bicyclic) bond motifs is 1. The number of nitrogens with zero attached hydrogens (tertiary/aromatic N) is 2. The van der Waals surface area contributed by atoms with Gasteiger partial charge in [0.25, 0.3) is 0 Å². The topological polar surface area (TPSA) is 63.7 Å². The number of amides is 1. The minimum Gasteiger partial charge on any atom is -0.488 e. The van der Waals surface area contributed by atoms with Crippen molar-refractivity contribution in [3.05, 3.63) is 36.0 Å². The van der Waals surface area contributed by atoms with Gasteiger partial charge in [0.05, 0.1) is 0 Å². The summed E-state index contributed by atoms with van der Waals surface area (Å²) in [5, 5.41) is 4.16. The predicted molar refractivity (Wildman–Crippen MR) is 125 cm³/mol. The van der Waals surface area contributed by atoms with Crippen LogP contribution in [0.25, 0.3) is 10.9 Å². The second-order valence-corrected chi connectivity index (χ2v) is 8.38. The zero-order valence-corrected chi connectivity index (χ0v) is 19.1. The number of benzene rings is 1. The number of piperidine rings is 1. The fourth-order valence-electron chi connectivity index (χ4n) is 4.08. The molecule has 1 N–H and O–H groups in total. The van der Waals surface area contributed by atoms with Crippen molar-refractivity contribution in [2.45, 2.75) is 58.0 Å². The highest BCUT2D eigenvalue weighted by atomic mass is 16.5. The molecule has 3 rings (SSSR count). The molecule has 1 aliphatic heterocycles. The quantitative estimate of drug-likeness (QED) is 0.520. The van der Waals surface area contributed by atoms with Gasteiger partial charge in [-0.1, -0.05) is 19.4 Å². The average Bonchev–Trinajstić information content (AvgIpc) is 2.79. The number of aromatic nitrogens is 1. The molecule has 0 radical (unpaired) electrons. The Morgan fingerprint density at radius 1 is 1.26 bits per heavy atom. The third-order valence-corrected chi connectivity index (χ3v) is 5.88. The summed E-state index contributed by atoms with van der Waals surface area (Å²) < 4.78 is 11.5. The van der Waals surface area contributed by atoms with Crippen LogP contribution in [0.15, 0.2) is 30.5 Å². The van der Waals surface area contributed by atoms with E-state index in [2.05, 4.69) is 40.3 Å². The van der Waals surface area contributed by atoms with Crippen LogP contribution in [-0.4, -0.2) is 61.8 Å². The largest absolute Gasteiger partial charge is 0.488 e. The highest BCUT2D eigenvalue weighted by Crippen LogP contribution is 2.29. The fourth-order valence-corrected chi connectivity index (χ4v) is 4.08. The number of methoxy groups -OCH3 is 1. The Hall–Kier alpha value is -2.18. The molecule has 0 atom stereocenters. The number of carbonyl (C=O) groups is 1. The van der Waals surface area contributed by atoms with Gasteiger partial charge in [0.15, 0.2) is 0 Å². The first kappa shape index (κ1) is 23.5. The highest BCUT2D eigenvalue weighted by molar-refractivity contribution is 5.85. The van der Waals surface area contributed by atoms with E-state index in [1.807, 2.05) is 12.3 Å². The molecule has 1 fully saturated rings. The predicted octanol–water partition coefficient (Wildman–Crippen LogP) is 3.96. The van der Waals surface area contributed by atoms with E-state index < -0.39 is 0 Å². The number of rotatable bonds is 12. The summed E-state index contributed by atoms with van der Waals surface area (Å²) in [6.45, 7) is 6.43. The number of nitrogens with one attached hydrogen (secondary N) is 1. The molecule has 0 saturated carbocycles. The Kier molecular flexibility index (Phi) is 9.56. The van der Waals surface area contributed by atoms with Crippen LogP contribution < -0.4 is 10.1 Å². The molecular weight excluding hydrogens is 390 g/mol. The summed E-state index contributed by atoms with van der Waals surface area (Å²) in [5.41, 5.74) is 2.29. The number of pyridine rings is 1. The Morgan fingerprint density at radius 2 is 2.10 bits per heavy atom. The van der Waals surface area contributed by atoms with E-state index in [4.69, 9.17) is 9.47 Å². The minimum atomic E-state index is 0.109. The van der Waals surface area contributed by atoms with E-state index in [0.717, 1.165) is 62.0 Å². The number of likely N-dealkylation sites (tertiary alicyclic amines) is 1. The lowest BCUT2D eigenvalue weighted by Gasteiger charge is -2.32. The molecule has 170 valence electrons. The van der Waals surface area contributed by atoms with E-state index in [1.165, 1.54) is 18.4 Å². The number of hydrogen-bond acceptors (Lipinski definition) is 5. The lowest BCUT2D eigenvalue weighted by Crippen LogP contribution is -2.42. The van der Waals surface area contributed by atoms with Gasteiger partial charge in [0, 0.05) is 57.9 Å². The first-order chi connectivity index (χ1) is 15.2. The van der Waals surface area contributed by atoms with Gasteiger partial charge in [-0.05, 0) is 55.9 Å². The number of hydrogen-bond donors (Lipinski definition) is 1. The molecule has 1 saturated heterocycles. The summed E-state index contributed by atoms with van der Waals surface area (Å²) >= 11 is 0. The van der Waals surface area contributed by atoms with Gasteiger partial charge in [-0.15, -0.1) is 0 Å². The molecule has 1 amide bonds. The van der Waals surface area contributed by atoms with Crippen molar-refractivity contribution in [3.63, 3.8) is 0 Å². The van der Waals surface area contributed by atoms with Crippen LogP contribution in [0, 0.1) is 0 Å². The van der Waals surface area contributed by atoms with E-state index >= 15 is 0 Å². The first-order valence-corrected chi connectivity index (χ1v) is 11.7. The zero-order chi connectivity index (χ0) is 21.9. The Bertz CT molecular complexity index is 819.